The summed E-state index contributed by atoms with van der Waals surface area (Å²) in [5.41, 5.74) is 0. The van der Waals surface area contributed by atoms with Crippen LogP contribution in [0.5, 0.6) is 0 Å². The Bertz CT molecular complexity index is 2610. The van der Waals surface area contributed by atoms with Crippen molar-refractivity contribution in [1.29, 1.82) is 0 Å². The van der Waals surface area contributed by atoms with Crippen LogP contribution in [0.4, 0.5) is 0 Å². The highest BCUT2D eigenvalue weighted by molar-refractivity contribution is 7.47. The van der Waals surface area contributed by atoms with E-state index in [-0.39, 0.29) is 25.7 Å². The number of esters is 4. The molecule has 0 saturated heterocycles. The van der Waals surface area contributed by atoms with Gasteiger partial charge in [-0.15, -0.1) is 0 Å². The number of carbonyl (C=O) groups excluding carboxylic acids is 4. The van der Waals surface area contributed by atoms with E-state index in [0.29, 0.717) is 38.5 Å². The molecule has 0 fully saturated rings. The van der Waals surface area contributed by atoms with Gasteiger partial charge in [-0.3, -0.25) is 37.3 Å². The smallest absolute Gasteiger partial charge is 0.462 e. The van der Waals surface area contributed by atoms with Crippen molar-refractivity contribution in [2.75, 3.05) is 39.6 Å². The molecule has 618 valence electrons. The molecule has 0 bridgehead atoms. The van der Waals surface area contributed by atoms with Gasteiger partial charge in [0.05, 0.1) is 26.4 Å². The van der Waals surface area contributed by atoms with Crippen molar-refractivity contribution in [2.24, 2.45) is 0 Å². The number of rotatable bonds is 78. The van der Waals surface area contributed by atoms with Gasteiger partial charge < -0.3 is 33.8 Å². The minimum absolute atomic E-state index is 0.0184. The van der Waals surface area contributed by atoms with Crippen LogP contribution in [0.3, 0.4) is 0 Å². The zero-order chi connectivity index (χ0) is 78.9. The van der Waals surface area contributed by atoms with Gasteiger partial charge in [-0.1, -0.05) is 321 Å². The summed E-state index contributed by atoms with van der Waals surface area (Å²) < 4.78 is 68.6. The fraction of sp³-hybridized carbons (Fsp3) is 0.685. The predicted molar refractivity (Wildman–Crippen MR) is 445 cm³/mol. The molecular formula is C89H150O17P2. The van der Waals surface area contributed by atoms with Crippen molar-refractivity contribution >= 4 is 39.5 Å². The van der Waals surface area contributed by atoms with Gasteiger partial charge >= 0.3 is 39.5 Å². The average Bonchev–Trinajstić information content (AvgIpc) is 0.896. The molecular weight excluding hydrogens is 1400 g/mol. The lowest BCUT2D eigenvalue weighted by molar-refractivity contribution is -0.161. The van der Waals surface area contributed by atoms with Crippen LogP contribution in [0.1, 0.15) is 336 Å². The predicted octanol–water partition coefficient (Wildman–Crippen LogP) is 25.0. The number of hydrogen-bond acceptors (Lipinski definition) is 15. The number of allylic oxidation sites excluding steroid dienone is 24. The van der Waals surface area contributed by atoms with Crippen molar-refractivity contribution in [3.05, 3.63) is 146 Å². The van der Waals surface area contributed by atoms with Crippen LogP contribution in [-0.4, -0.2) is 96.7 Å². The van der Waals surface area contributed by atoms with E-state index in [2.05, 4.69) is 137 Å². The Kier molecular flexibility index (Phi) is 76.3. The molecule has 0 rings (SSSR count). The highest BCUT2D eigenvalue weighted by atomic mass is 31.2. The minimum atomic E-state index is -5.02. The van der Waals surface area contributed by atoms with Gasteiger partial charge in [-0.2, -0.15) is 0 Å². The van der Waals surface area contributed by atoms with E-state index in [9.17, 15) is 43.2 Å². The van der Waals surface area contributed by atoms with Crippen molar-refractivity contribution in [3.63, 3.8) is 0 Å². The number of carbonyl (C=O) groups is 4. The van der Waals surface area contributed by atoms with Crippen LogP contribution in [-0.2, 0) is 65.4 Å². The monoisotopic (exact) mass is 1550 g/mol. The number of phosphoric acid groups is 2. The van der Waals surface area contributed by atoms with E-state index in [1.54, 1.807) is 0 Å². The Morgan fingerprint density at radius 1 is 0.259 bits per heavy atom. The first-order valence-corrected chi connectivity index (χ1v) is 45.1. The zero-order valence-electron chi connectivity index (χ0n) is 67.7. The maximum atomic E-state index is 13.1. The molecule has 19 heteroatoms. The number of ether oxygens (including phenoxy) is 4. The summed E-state index contributed by atoms with van der Waals surface area (Å²) in [6.07, 6.45) is 92.7. The van der Waals surface area contributed by atoms with Crippen molar-refractivity contribution < 1.29 is 80.2 Å². The van der Waals surface area contributed by atoms with Crippen molar-refractivity contribution in [3.8, 4) is 0 Å². The van der Waals surface area contributed by atoms with E-state index in [1.165, 1.54) is 128 Å². The van der Waals surface area contributed by atoms with Gasteiger partial charge in [0, 0.05) is 25.7 Å². The normalized spacial score (nSPS) is 14.5. The molecule has 0 spiro atoms. The molecule has 0 radical (unpaired) electrons. The molecule has 0 heterocycles. The maximum absolute atomic E-state index is 13.1. The molecule has 0 amide bonds. The fourth-order valence-corrected chi connectivity index (χ4v) is 12.4. The van der Waals surface area contributed by atoms with Crippen LogP contribution in [0.2, 0.25) is 0 Å². The lowest BCUT2D eigenvalue weighted by Crippen LogP contribution is -2.30. The summed E-state index contributed by atoms with van der Waals surface area (Å²) in [4.78, 5) is 73.1. The molecule has 0 saturated carbocycles. The Hall–Kier alpha value is -5.06. The van der Waals surface area contributed by atoms with Crippen molar-refractivity contribution in [1.82, 2.24) is 0 Å². The number of aliphatic hydroxyl groups is 1. The Morgan fingerprint density at radius 3 is 0.787 bits per heavy atom. The number of aliphatic hydroxyl groups excluding tert-OH is 1. The Morgan fingerprint density at radius 2 is 0.472 bits per heavy atom. The summed E-state index contributed by atoms with van der Waals surface area (Å²) in [5, 5.41) is 10.7. The molecule has 5 atom stereocenters. The summed E-state index contributed by atoms with van der Waals surface area (Å²) in [6, 6.07) is 0. The van der Waals surface area contributed by atoms with Crippen LogP contribution in [0.15, 0.2) is 146 Å². The van der Waals surface area contributed by atoms with E-state index < -0.39 is 97.5 Å². The topological polar surface area (TPSA) is 237 Å². The Labute approximate surface area is 656 Å². The van der Waals surface area contributed by atoms with Crippen LogP contribution < -0.4 is 0 Å². The van der Waals surface area contributed by atoms with Gasteiger partial charge in [0.2, 0.25) is 0 Å². The highest BCUT2D eigenvalue weighted by Crippen LogP contribution is 2.45. The maximum Gasteiger partial charge on any atom is 0.472 e. The number of phosphoric ester groups is 2. The van der Waals surface area contributed by atoms with Crippen LogP contribution in [0.25, 0.3) is 0 Å². The Balaban J connectivity index is 5.52. The lowest BCUT2D eigenvalue weighted by Gasteiger charge is -2.21. The third-order valence-electron chi connectivity index (χ3n) is 17.3. The van der Waals surface area contributed by atoms with Gasteiger partial charge in [0.25, 0.3) is 0 Å². The van der Waals surface area contributed by atoms with E-state index >= 15 is 0 Å². The standard InChI is InChI=1S/C89H150O17P2/c1-5-9-13-17-21-25-29-33-37-39-41-43-47-50-54-58-62-66-70-74-87(92)100-80-85(106-89(94)76-72-68-64-60-56-52-48-44-42-40-38-34-30-26-22-18-14-10-6-2)82-104-108(97,98)102-78-83(90)77-101-107(95,96)103-81-84(105-88(93)75-71-67-63-59-55-51-46-36-32-28-24-20-16-12-8-4)79-99-86(91)73-69-65-61-57-53-49-45-35-31-27-23-19-15-11-7-3/h21-22,24-26,28,33-34,36-38,41-44,46,50,52,54,56,62,64,66,68,83-85,90H,5-20,23,27,29-32,35,39-40,45,47-49,51,53,55,57-61,63,65,67,69-82H2,1-4H3,(H,95,96)(H,97,98)/b25-21-,26-22-,28-24-,37-33-,38-34-,43-41-,44-42-,46-36-,54-50-,56-52-,66-62-,68-64-/t83-,84+,85+/m0/s1. The van der Waals surface area contributed by atoms with E-state index in [0.717, 1.165) is 116 Å². The largest absolute Gasteiger partial charge is 0.472 e. The molecule has 0 aliphatic carbocycles. The van der Waals surface area contributed by atoms with Gasteiger partial charge in [0.15, 0.2) is 12.2 Å². The summed E-state index contributed by atoms with van der Waals surface area (Å²) in [6.45, 7) is 4.64. The molecule has 0 aliphatic heterocycles. The molecule has 17 nitrogen and oxygen atoms in total. The fourth-order valence-electron chi connectivity index (χ4n) is 10.9. The molecule has 0 aromatic rings. The average molecular weight is 1550 g/mol. The summed E-state index contributed by atoms with van der Waals surface area (Å²) >= 11 is 0. The van der Waals surface area contributed by atoms with E-state index in [1.807, 2.05) is 36.5 Å². The molecule has 2 unspecified atom stereocenters. The van der Waals surface area contributed by atoms with E-state index in [4.69, 9.17) is 37.0 Å². The third-order valence-corrected chi connectivity index (χ3v) is 19.2. The van der Waals surface area contributed by atoms with Gasteiger partial charge in [0.1, 0.15) is 19.3 Å². The van der Waals surface area contributed by atoms with Gasteiger partial charge in [-0.25, -0.2) is 9.13 Å². The molecule has 0 aromatic heterocycles. The SMILES string of the molecule is CCCCC/C=C\C/C=C\C/C=C\C/C=C\C/C=C\CCC(=O)OC[C@H](COP(=O)(O)OC[C@@H](O)COP(=O)(O)OC[C@@H](COC(=O)CCCCCCCCCCCCCCCCC)OC(=O)CCCCCCC/C=C\C/C=C\CCCCC)OC(=O)CC/C=C\C/C=C\C/C=C\C/C=C\C/C=C\CCCCC. The first-order valence-electron chi connectivity index (χ1n) is 42.1. The summed E-state index contributed by atoms with van der Waals surface area (Å²) in [7, 11) is -10.0. The second-order valence-corrected chi connectivity index (χ2v) is 30.6. The third kappa shape index (κ3) is 79.0. The quantitative estimate of drug-likeness (QED) is 0.0169. The minimum Gasteiger partial charge on any atom is -0.462 e. The van der Waals surface area contributed by atoms with Crippen molar-refractivity contribution in [2.45, 2.75) is 354 Å². The number of hydrogen-bond donors (Lipinski definition) is 3. The lowest BCUT2D eigenvalue weighted by atomic mass is 10.0. The zero-order valence-corrected chi connectivity index (χ0v) is 69.5. The molecule has 0 aliphatic rings. The highest BCUT2D eigenvalue weighted by Gasteiger charge is 2.30. The molecule has 3 N–H and O–H groups in total. The van der Waals surface area contributed by atoms with Crippen LogP contribution >= 0.6 is 15.6 Å². The second kappa shape index (κ2) is 80.0. The first-order chi connectivity index (χ1) is 52.7. The number of unbranched alkanes of at least 4 members (excludes halogenated alkanes) is 28. The molecule has 108 heavy (non-hydrogen) atoms. The first kappa shape index (κ1) is 103. The second-order valence-electron chi connectivity index (χ2n) is 27.7. The molecule has 0 aromatic carbocycles. The summed E-state index contributed by atoms with van der Waals surface area (Å²) in [5.74, 6) is -2.38. The van der Waals surface area contributed by atoms with Crippen LogP contribution in [0, 0.1) is 0 Å². The van der Waals surface area contributed by atoms with Gasteiger partial charge in [-0.05, 0) is 135 Å².